The molecule has 7 nitrogen and oxygen atoms in total. The van der Waals surface area contributed by atoms with Crippen LogP contribution in [0, 0.1) is 5.92 Å². The van der Waals surface area contributed by atoms with Crippen LogP contribution in [0.5, 0.6) is 0 Å². The van der Waals surface area contributed by atoms with Gasteiger partial charge in [-0.25, -0.2) is 15.7 Å². The van der Waals surface area contributed by atoms with E-state index in [9.17, 15) is 9.59 Å². The summed E-state index contributed by atoms with van der Waals surface area (Å²) < 4.78 is 0. The second kappa shape index (κ2) is 11.1. The molecule has 8 heteroatoms. The van der Waals surface area contributed by atoms with Crippen LogP contribution in [0.15, 0.2) is 54.7 Å². The number of benzene rings is 2. The van der Waals surface area contributed by atoms with Crippen molar-refractivity contribution in [2.45, 2.75) is 39.9 Å². The molecule has 1 aliphatic rings. The van der Waals surface area contributed by atoms with Crippen molar-refractivity contribution in [3.8, 4) is 0 Å². The van der Waals surface area contributed by atoms with E-state index in [-0.39, 0.29) is 30.5 Å². The van der Waals surface area contributed by atoms with E-state index in [0.29, 0.717) is 18.1 Å². The quantitative estimate of drug-likeness (QED) is 0.579. The van der Waals surface area contributed by atoms with Gasteiger partial charge in [0.1, 0.15) is 0 Å². The molecule has 0 saturated heterocycles. The number of hydrazine groups is 1. The summed E-state index contributed by atoms with van der Waals surface area (Å²) in [5.74, 6) is -0.0717. The molecule has 3 rings (SSSR count). The van der Waals surface area contributed by atoms with Crippen LogP contribution in [0.1, 0.15) is 37.5 Å². The van der Waals surface area contributed by atoms with Crippen LogP contribution in [0.2, 0.25) is 5.02 Å². The normalized spacial score (nSPS) is 13.6. The minimum Gasteiger partial charge on any atom is -0.295 e. The largest absolute Gasteiger partial charge is 0.345 e. The number of nitrogens with zero attached hydrogens (tertiary/aromatic N) is 2. The number of amides is 3. The average molecular weight is 457 g/mol. The van der Waals surface area contributed by atoms with Gasteiger partial charge in [0.25, 0.3) is 0 Å². The molecular formula is C24H29ClN4O3. The standard InChI is InChI=1S/C24H29ClN4O3/c1-17(2)23(29(18(3)30)26-14-20-9-6-7-11-22(20)25)16-32-27-24(31)28-13-12-19-8-4-5-10-21(19)15-28/h4-13,17,23,26H,14-16H2,1-3H3,(H,27,31)/t23-/m1/s1. The highest BCUT2D eigenvalue weighted by Crippen LogP contribution is 2.19. The fourth-order valence-electron chi connectivity index (χ4n) is 3.47. The van der Waals surface area contributed by atoms with Crippen molar-refractivity contribution in [2.24, 2.45) is 5.92 Å². The van der Waals surface area contributed by atoms with Gasteiger partial charge in [-0.15, -0.1) is 0 Å². The number of hydroxylamine groups is 1. The molecule has 1 atom stereocenters. The number of fused-ring (bicyclic) bond motifs is 1. The number of carbonyl (C=O) groups excluding carboxylic acids is 2. The Labute approximate surface area is 193 Å². The molecule has 32 heavy (non-hydrogen) atoms. The van der Waals surface area contributed by atoms with Crippen LogP contribution >= 0.6 is 11.6 Å². The van der Waals surface area contributed by atoms with Crippen molar-refractivity contribution in [1.82, 2.24) is 20.8 Å². The van der Waals surface area contributed by atoms with Gasteiger partial charge in [-0.2, -0.15) is 0 Å². The molecule has 0 aliphatic carbocycles. The first-order chi connectivity index (χ1) is 15.4. The van der Waals surface area contributed by atoms with Gasteiger partial charge in [-0.1, -0.05) is 67.9 Å². The summed E-state index contributed by atoms with van der Waals surface area (Å²) in [4.78, 5) is 31.9. The van der Waals surface area contributed by atoms with Gasteiger partial charge in [-0.3, -0.25) is 19.5 Å². The van der Waals surface area contributed by atoms with Crippen molar-refractivity contribution < 1.29 is 14.4 Å². The number of urea groups is 1. The number of halogens is 1. The topological polar surface area (TPSA) is 73.9 Å². The molecular weight excluding hydrogens is 428 g/mol. The maximum atomic E-state index is 12.5. The van der Waals surface area contributed by atoms with Gasteiger partial charge >= 0.3 is 6.03 Å². The Balaban J connectivity index is 1.56. The Hall–Kier alpha value is -2.87. The zero-order chi connectivity index (χ0) is 23.1. The highest BCUT2D eigenvalue weighted by atomic mass is 35.5. The third-order valence-electron chi connectivity index (χ3n) is 5.34. The zero-order valence-corrected chi connectivity index (χ0v) is 19.3. The van der Waals surface area contributed by atoms with Crippen LogP contribution in [0.25, 0.3) is 6.08 Å². The van der Waals surface area contributed by atoms with Crippen molar-refractivity contribution in [1.29, 1.82) is 0 Å². The SMILES string of the molecule is CC(=O)N(NCc1ccccc1Cl)[C@H](CONC(=O)N1C=Cc2ccccc2C1)C(C)C. The fourth-order valence-corrected chi connectivity index (χ4v) is 3.68. The van der Waals surface area contributed by atoms with E-state index in [1.807, 2.05) is 68.5 Å². The Morgan fingerprint density at radius 1 is 1.16 bits per heavy atom. The second-order valence-corrected chi connectivity index (χ2v) is 8.39. The predicted molar refractivity (Wildman–Crippen MR) is 125 cm³/mol. The van der Waals surface area contributed by atoms with Crippen molar-refractivity contribution in [3.63, 3.8) is 0 Å². The third-order valence-corrected chi connectivity index (χ3v) is 5.71. The number of nitrogens with one attached hydrogen (secondary N) is 2. The van der Waals surface area contributed by atoms with Gasteiger partial charge in [0.15, 0.2) is 0 Å². The van der Waals surface area contributed by atoms with Gasteiger partial charge in [0, 0.05) is 24.7 Å². The molecule has 1 heterocycles. The van der Waals surface area contributed by atoms with Crippen LogP contribution in [-0.4, -0.2) is 34.5 Å². The lowest BCUT2D eigenvalue weighted by Crippen LogP contribution is -2.53. The zero-order valence-electron chi connectivity index (χ0n) is 18.5. The minimum atomic E-state index is -0.364. The number of hydrogen-bond donors (Lipinski definition) is 2. The van der Waals surface area contributed by atoms with E-state index >= 15 is 0 Å². The molecule has 0 bridgehead atoms. The van der Waals surface area contributed by atoms with Gasteiger partial charge in [-0.05, 0) is 34.8 Å². The summed E-state index contributed by atoms with van der Waals surface area (Å²) in [6.07, 6.45) is 3.62. The maximum Gasteiger partial charge on any atom is 0.345 e. The van der Waals surface area contributed by atoms with Crippen molar-refractivity contribution in [2.75, 3.05) is 6.61 Å². The van der Waals surface area contributed by atoms with Crippen molar-refractivity contribution >= 4 is 29.6 Å². The fraction of sp³-hybridized carbons (Fsp3) is 0.333. The molecule has 2 N–H and O–H groups in total. The molecule has 2 aromatic rings. The Kier molecular flexibility index (Phi) is 8.27. The number of rotatable bonds is 8. The molecule has 0 radical (unpaired) electrons. The molecule has 0 saturated carbocycles. The average Bonchev–Trinajstić information content (AvgIpc) is 2.78. The van der Waals surface area contributed by atoms with E-state index in [1.54, 1.807) is 11.1 Å². The molecule has 2 aromatic carbocycles. The van der Waals surface area contributed by atoms with Gasteiger partial charge in [0.05, 0.1) is 19.2 Å². The van der Waals surface area contributed by atoms with E-state index in [1.165, 1.54) is 11.9 Å². The first-order valence-corrected chi connectivity index (χ1v) is 11.0. The van der Waals surface area contributed by atoms with Crippen LogP contribution in [0.3, 0.4) is 0 Å². The Morgan fingerprint density at radius 2 is 1.88 bits per heavy atom. The molecule has 3 amide bonds. The number of hydrogen-bond acceptors (Lipinski definition) is 4. The molecule has 0 spiro atoms. The van der Waals surface area contributed by atoms with Gasteiger partial charge < -0.3 is 0 Å². The molecule has 1 aliphatic heterocycles. The lowest BCUT2D eigenvalue weighted by molar-refractivity contribution is -0.139. The third kappa shape index (κ3) is 6.09. The Morgan fingerprint density at radius 3 is 2.59 bits per heavy atom. The van der Waals surface area contributed by atoms with Crippen LogP contribution in [0.4, 0.5) is 4.79 Å². The lowest BCUT2D eigenvalue weighted by Gasteiger charge is -2.34. The predicted octanol–water partition coefficient (Wildman–Crippen LogP) is 4.35. The highest BCUT2D eigenvalue weighted by molar-refractivity contribution is 6.31. The summed E-state index contributed by atoms with van der Waals surface area (Å²) in [6.45, 7) is 6.47. The minimum absolute atomic E-state index is 0.0799. The number of carbonyl (C=O) groups is 2. The van der Waals surface area contributed by atoms with Gasteiger partial charge in [0.2, 0.25) is 5.91 Å². The maximum absolute atomic E-state index is 12.5. The van der Waals surface area contributed by atoms with Crippen molar-refractivity contribution in [3.05, 3.63) is 76.4 Å². The van der Waals surface area contributed by atoms with E-state index in [4.69, 9.17) is 16.4 Å². The molecule has 0 fully saturated rings. The monoisotopic (exact) mass is 456 g/mol. The summed E-state index contributed by atoms with van der Waals surface area (Å²) in [5.41, 5.74) is 8.70. The van der Waals surface area contributed by atoms with E-state index in [2.05, 4.69) is 10.9 Å². The highest BCUT2D eigenvalue weighted by Gasteiger charge is 2.26. The first kappa shape index (κ1) is 23.8. The summed E-state index contributed by atoms with van der Waals surface area (Å²) in [5, 5.41) is 2.17. The van der Waals surface area contributed by atoms with Crippen LogP contribution < -0.4 is 10.9 Å². The summed E-state index contributed by atoms with van der Waals surface area (Å²) in [6, 6.07) is 14.7. The molecule has 0 unspecified atom stereocenters. The summed E-state index contributed by atoms with van der Waals surface area (Å²) >= 11 is 6.23. The smallest absolute Gasteiger partial charge is 0.295 e. The summed E-state index contributed by atoms with van der Waals surface area (Å²) in [7, 11) is 0. The first-order valence-electron chi connectivity index (χ1n) is 10.6. The van der Waals surface area contributed by atoms with E-state index < -0.39 is 0 Å². The Bertz CT molecular complexity index is 979. The lowest BCUT2D eigenvalue weighted by atomic mass is 10.0. The van der Waals surface area contributed by atoms with Crippen LogP contribution in [-0.2, 0) is 22.7 Å². The second-order valence-electron chi connectivity index (χ2n) is 7.99. The van der Waals surface area contributed by atoms with E-state index in [0.717, 1.165) is 16.7 Å². The molecule has 170 valence electrons. The molecule has 0 aromatic heterocycles.